The standard InChI is InChI=1S/C11H5ClN3S2/c12-7-1-2-8-9(5-7)13-4-3-10(8)17-11-15-14-6-16-11/h1-5H. The Morgan fingerprint density at radius 2 is 2.24 bits per heavy atom. The van der Waals surface area contributed by atoms with Crippen LogP contribution in [0.1, 0.15) is 0 Å². The third kappa shape index (κ3) is 2.26. The van der Waals surface area contributed by atoms with Gasteiger partial charge in [0, 0.05) is 21.5 Å². The lowest BCUT2D eigenvalue weighted by Crippen LogP contribution is -1.82. The van der Waals surface area contributed by atoms with Crippen molar-refractivity contribution in [1.29, 1.82) is 0 Å². The number of nitrogens with zero attached hydrogens (tertiary/aromatic N) is 3. The largest absolute Gasteiger partial charge is 0.256 e. The number of halogens is 1. The summed E-state index contributed by atoms with van der Waals surface area (Å²) in [6.45, 7) is 0. The molecule has 3 rings (SSSR count). The van der Waals surface area contributed by atoms with Crippen molar-refractivity contribution in [2.24, 2.45) is 0 Å². The second-order valence-electron chi connectivity index (χ2n) is 3.23. The summed E-state index contributed by atoms with van der Waals surface area (Å²) in [6, 6.07) is 7.65. The molecular formula is C11H5ClN3S2. The molecule has 1 aromatic carbocycles. The average Bonchev–Trinajstić information content (AvgIpc) is 2.82. The molecule has 0 N–H and O–H groups in total. The van der Waals surface area contributed by atoms with Crippen LogP contribution in [-0.4, -0.2) is 15.2 Å². The van der Waals surface area contributed by atoms with Gasteiger partial charge in [-0.05, 0) is 18.2 Å². The smallest absolute Gasteiger partial charge is 0.179 e. The first-order valence-electron chi connectivity index (χ1n) is 4.74. The molecule has 3 nitrogen and oxygen atoms in total. The molecule has 0 saturated heterocycles. The Balaban J connectivity index is 2.10. The van der Waals surface area contributed by atoms with E-state index < -0.39 is 0 Å². The summed E-state index contributed by atoms with van der Waals surface area (Å²) in [5.74, 6) is 0. The summed E-state index contributed by atoms with van der Waals surface area (Å²) in [7, 11) is 0. The lowest BCUT2D eigenvalue weighted by Gasteiger charge is -2.03. The zero-order valence-corrected chi connectivity index (χ0v) is 10.8. The molecule has 83 valence electrons. The van der Waals surface area contributed by atoms with Gasteiger partial charge in [0.2, 0.25) is 0 Å². The van der Waals surface area contributed by atoms with Crippen LogP contribution >= 0.6 is 34.7 Å². The summed E-state index contributed by atoms with van der Waals surface area (Å²) in [5.41, 5.74) is 3.62. The lowest BCUT2D eigenvalue weighted by molar-refractivity contribution is 1.01. The quantitative estimate of drug-likeness (QED) is 0.717. The van der Waals surface area contributed by atoms with Crippen molar-refractivity contribution in [3.8, 4) is 0 Å². The van der Waals surface area contributed by atoms with Gasteiger partial charge in [-0.3, -0.25) is 4.98 Å². The Kier molecular flexibility index (Phi) is 2.96. The van der Waals surface area contributed by atoms with Gasteiger partial charge >= 0.3 is 0 Å². The van der Waals surface area contributed by atoms with Crippen LogP contribution in [0.5, 0.6) is 0 Å². The normalized spacial score (nSPS) is 10.9. The predicted octanol–water partition coefficient (Wildman–Crippen LogP) is 3.69. The van der Waals surface area contributed by atoms with E-state index in [0.29, 0.717) is 5.02 Å². The maximum Gasteiger partial charge on any atom is 0.179 e. The number of pyridine rings is 1. The predicted molar refractivity (Wildman–Crippen MR) is 69.6 cm³/mol. The highest BCUT2D eigenvalue weighted by Crippen LogP contribution is 2.33. The topological polar surface area (TPSA) is 38.7 Å². The molecule has 2 heterocycles. The zero-order valence-electron chi connectivity index (χ0n) is 8.42. The monoisotopic (exact) mass is 278 g/mol. The second kappa shape index (κ2) is 4.60. The SMILES string of the molecule is Clc1ccc2c(Sc3nn[c]s3)ccnc2c1. The Bertz CT molecular complexity index is 655. The van der Waals surface area contributed by atoms with Crippen LogP contribution in [0, 0.1) is 5.51 Å². The summed E-state index contributed by atoms with van der Waals surface area (Å²) < 4.78 is 0.868. The maximum absolute atomic E-state index is 5.94. The van der Waals surface area contributed by atoms with Crippen molar-refractivity contribution in [1.82, 2.24) is 15.2 Å². The minimum atomic E-state index is 0.691. The Labute approximate surface area is 111 Å². The van der Waals surface area contributed by atoms with Crippen LogP contribution in [0.4, 0.5) is 0 Å². The minimum absolute atomic E-state index is 0.691. The van der Waals surface area contributed by atoms with Crippen molar-refractivity contribution < 1.29 is 0 Å². The van der Waals surface area contributed by atoms with E-state index >= 15 is 0 Å². The van der Waals surface area contributed by atoms with Gasteiger partial charge in [-0.2, -0.15) is 0 Å². The van der Waals surface area contributed by atoms with Gasteiger partial charge in [-0.25, -0.2) is 0 Å². The molecule has 0 bridgehead atoms. The van der Waals surface area contributed by atoms with E-state index in [1.165, 1.54) is 11.3 Å². The summed E-state index contributed by atoms with van der Waals surface area (Å²) in [6.07, 6.45) is 1.77. The van der Waals surface area contributed by atoms with Crippen LogP contribution in [0.15, 0.2) is 39.7 Å². The summed E-state index contributed by atoms with van der Waals surface area (Å²) in [4.78, 5) is 5.39. The summed E-state index contributed by atoms with van der Waals surface area (Å²) in [5, 5.41) is 9.42. The van der Waals surface area contributed by atoms with Gasteiger partial charge < -0.3 is 0 Å². The van der Waals surface area contributed by atoms with Crippen LogP contribution in [0.25, 0.3) is 10.9 Å². The molecule has 0 aliphatic rings. The molecule has 0 aliphatic heterocycles. The molecule has 2 aromatic heterocycles. The van der Waals surface area contributed by atoms with E-state index in [4.69, 9.17) is 11.6 Å². The van der Waals surface area contributed by atoms with E-state index in [9.17, 15) is 0 Å². The molecule has 3 aromatic rings. The van der Waals surface area contributed by atoms with E-state index in [1.807, 2.05) is 24.3 Å². The van der Waals surface area contributed by atoms with Crippen LogP contribution in [0.3, 0.4) is 0 Å². The van der Waals surface area contributed by atoms with Gasteiger partial charge in [-0.1, -0.05) is 40.8 Å². The van der Waals surface area contributed by atoms with Crippen molar-refractivity contribution in [2.75, 3.05) is 0 Å². The third-order valence-electron chi connectivity index (χ3n) is 2.17. The fraction of sp³-hybridized carbons (Fsp3) is 0. The lowest BCUT2D eigenvalue weighted by atomic mass is 10.2. The molecule has 17 heavy (non-hydrogen) atoms. The molecule has 0 atom stereocenters. The summed E-state index contributed by atoms with van der Waals surface area (Å²) >= 11 is 8.90. The van der Waals surface area contributed by atoms with E-state index in [0.717, 1.165) is 20.1 Å². The first-order valence-corrected chi connectivity index (χ1v) is 6.76. The van der Waals surface area contributed by atoms with Crippen LogP contribution in [0.2, 0.25) is 5.02 Å². The molecule has 0 amide bonds. The van der Waals surface area contributed by atoms with Crippen molar-refractivity contribution in [3.63, 3.8) is 0 Å². The maximum atomic E-state index is 5.94. The highest BCUT2D eigenvalue weighted by molar-refractivity contribution is 8.01. The molecule has 0 saturated carbocycles. The molecular weight excluding hydrogens is 274 g/mol. The van der Waals surface area contributed by atoms with Gasteiger partial charge in [0.1, 0.15) is 0 Å². The number of benzene rings is 1. The highest BCUT2D eigenvalue weighted by atomic mass is 35.5. The first kappa shape index (κ1) is 11.0. The number of rotatable bonds is 2. The number of hydrogen-bond donors (Lipinski definition) is 0. The van der Waals surface area contributed by atoms with Gasteiger partial charge in [0.05, 0.1) is 5.52 Å². The number of aromatic nitrogens is 3. The van der Waals surface area contributed by atoms with Gasteiger partial charge in [0.25, 0.3) is 0 Å². The third-order valence-corrected chi connectivity index (χ3v) is 4.16. The van der Waals surface area contributed by atoms with Crippen molar-refractivity contribution in [3.05, 3.63) is 41.0 Å². The van der Waals surface area contributed by atoms with Crippen molar-refractivity contribution >= 4 is 45.6 Å². The molecule has 1 radical (unpaired) electrons. The fourth-order valence-corrected chi connectivity index (χ4v) is 3.10. The fourth-order valence-electron chi connectivity index (χ4n) is 1.46. The molecule has 0 fully saturated rings. The van der Waals surface area contributed by atoms with Crippen molar-refractivity contribution in [2.45, 2.75) is 9.24 Å². The number of hydrogen-bond acceptors (Lipinski definition) is 5. The first-order chi connectivity index (χ1) is 8.33. The number of fused-ring (bicyclic) bond motifs is 1. The zero-order chi connectivity index (χ0) is 11.7. The van der Waals surface area contributed by atoms with Gasteiger partial charge in [-0.15, -0.1) is 10.2 Å². The van der Waals surface area contributed by atoms with E-state index in [-0.39, 0.29) is 0 Å². The Hall–Kier alpha value is -1.17. The van der Waals surface area contributed by atoms with Crippen LogP contribution < -0.4 is 0 Å². The highest BCUT2D eigenvalue weighted by Gasteiger charge is 2.06. The minimum Gasteiger partial charge on any atom is -0.256 e. The second-order valence-corrected chi connectivity index (χ2v) is 5.73. The molecule has 0 unspecified atom stereocenters. The van der Waals surface area contributed by atoms with E-state index in [1.54, 1.807) is 18.0 Å². The molecule has 0 aliphatic carbocycles. The van der Waals surface area contributed by atoms with Gasteiger partial charge in [0.15, 0.2) is 9.85 Å². The Morgan fingerprint density at radius 3 is 3.06 bits per heavy atom. The Morgan fingerprint density at radius 1 is 1.29 bits per heavy atom. The average molecular weight is 279 g/mol. The molecule has 6 heteroatoms. The molecule has 0 spiro atoms. The van der Waals surface area contributed by atoms with E-state index in [2.05, 4.69) is 20.7 Å². The van der Waals surface area contributed by atoms with Crippen LogP contribution in [-0.2, 0) is 0 Å².